The van der Waals surface area contributed by atoms with E-state index in [0.29, 0.717) is 18.5 Å². The number of primary amides is 1. The fourth-order valence-corrected chi connectivity index (χ4v) is 4.81. The van der Waals surface area contributed by atoms with Crippen LogP contribution in [0, 0.1) is 5.41 Å². The summed E-state index contributed by atoms with van der Waals surface area (Å²) < 4.78 is 6.58. The van der Waals surface area contributed by atoms with Crippen LogP contribution in [0.3, 0.4) is 0 Å². The first-order chi connectivity index (χ1) is 13.1. The van der Waals surface area contributed by atoms with Gasteiger partial charge in [-0.15, -0.1) is 0 Å². The van der Waals surface area contributed by atoms with Crippen LogP contribution in [0.4, 0.5) is 10.5 Å². The molecule has 6 nitrogen and oxygen atoms in total. The fourth-order valence-electron chi connectivity index (χ4n) is 3.78. The van der Waals surface area contributed by atoms with Gasteiger partial charge < -0.3 is 15.3 Å². The SMILES string of the molecule is CC(C)(C)C1(CO[Si](C)(C)C(C)(C)C)CCc2cccc(C(N)=O)c2N1C(=O)O. The molecule has 0 aromatic heterocycles. The lowest BCUT2D eigenvalue weighted by molar-refractivity contribution is 0.0757. The van der Waals surface area contributed by atoms with Crippen molar-refractivity contribution in [3.8, 4) is 0 Å². The lowest BCUT2D eigenvalue weighted by atomic mass is 9.67. The summed E-state index contributed by atoms with van der Waals surface area (Å²) in [5.74, 6) is -0.622. The van der Waals surface area contributed by atoms with Crippen molar-refractivity contribution in [3.05, 3.63) is 29.3 Å². The van der Waals surface area contributed by atoms with Gasteiger partial charge in [0.05, 0.1) is 23.4 Å². The van der Waals surface area contributed by atoms with E-state index in [4.69, 9.17) is 10.2 Å². The number of carboxylic acid groups (broad SMARTS) is 1. The van der Waals surface area contributed by atoms with Gasteiger partial charge in [-0.05, 0) is 48.0 Å². The Morgan fingerprint density at radius 2 is 1.79 bits per heavy atom. The van der Waals surface area contributed by atoms with E-state index in [0.717, 1.165) is 5.56 Å². The fraction of sp³-hybridized carbons (Fsp3) is 0.636. The average molecular weight is 421 g/mol. The third-order valence-corrected chi connectivity index (χ3v) is 11.4. The highest BCUT2D eigenvalue weighted by Crippen LogP contribution is 2.49. The number of fused-ring (bicyclic) bond motifs is 1. The van der Waals surface area contributed by atoms with Gasteiger partial charge in [0.15, 0.2) is 8.32 Å². The smallest absolute Gasteiger partial charge is 0.412 e. The molecule has 1 heterocycles. The second kappa shape index (κ2) is 7.43. The Morgan fingerprint density at radius 1 is 1.21 bits per heavy atom. The Balaban J connectivity index is 2.67. The van der Waals surface area contributed by atoms with Crippen LogP contribution in [0.15, 0.2) is 18.2 Å². The maximum atomic E-state index is 12.6. The maximum absolute atomic E-state index is 12.6. The number of anilines is 1. The van der Waals surface area contributed by atoms with Crippen LogP contribution in [-0.4, -0.2) is 37.6 Å². The van der Waals surface area contributed by atoms with Crippen molar-refractivity contribution < 1.29 is 19.1 Å². The van der Waals surface area contributed by atoms with E-state index in [9.17, 15) is 14.7 Å². The second-order valence-corrected chi connectivity index (χ2v) is 15.4. The molecule has 162 valence electrons. The molecule has 29 heavy (non-hydrogen) atoms. The molecule has 2 amide bonds. The topological polar surface area (TPSA) is 92.9 Å². The van der Waals surface area contributed by atoms with Crippen LogP contribution < -0.4 is 10.6 Å². The molecule has 1 unspecified atom stereocenters. The highest BCUT2D eigenvalue weighted by Gasteiger charge is 2.54. The van der Waals surface area contributed by atoms with E-state index in [1.54, 1.807) is 12.1 Å². The third kappa shape index (κ3) is 4.07. The summed E-state index contributed by atoms with van der Waals surface area (Å²) in [5, 5.41) is 10.3. The Hall–Kier alpha value is -1.86. The Kier molecular flexibility index (Phi) is 6.00. The number of para-hydroxylation sites is 1. The molecule has 1 aromatic rings. The van der Waals surface area contributed by atoms with Gasteiger partial charge in [0.25, 0.3) is 5.91 Å². The Bertz CT molecular complexity index is 808. The minimum absolute atomic E-state index is 0.00505. The van der Waals surface area contributed by atoms with E-state index in [2.05, 4.69) is 33.9 Å². The van der Waals surface area contributed by atoms with Crippen molar-refractivity contribution in [2.75, 3.05) is 11.5 Å². The van der Waals surface area contributed by atoms with Crippen LogP contribution in [0.2, 0.25) is 18.1 Å². The van der Waals surface area contributed by atoms with Crippen molar-refractivity contribution in [2.45, 2.75) is 78.1 Å². The van der Waals surface area contributed by atoms with Crippen LogP contribution in [0.5, 0.6) is 0 Å². The minimum atomic E-state index is -2.12. The quantitative estimate of drug-likeness (QED) is 0.669. The van der Waals surface area contributed by atoms with E-state index >= 15 is 0 Å². The number of carbonyl (C=O) groups is 2. The lowest BCUT2D eigenvalue weighted by Crippen LogP contribution is -2.65. The van der Waals surface area contributed by atoms with Crippen molar-refractivity contribution in [3.63, 3.8) is 0 Å². The highest BCUT2D eigenvalue weighted by molar-refractivity contribution is 6.74. The predicted molar refractivity (Wildman–Crippen MR) is 119 cm³/mol. The number of carbonyl (C=O) groups excluding carboxylic acids is 1. The molecule has 2 rings (SSSR count). The molecule has 0 spiro atoms. The predicted octanol–water partition coefficient (Wildman–Crippen LogP) is 5.02. The molecule has 0 radical (unpaired) electrons. The number of aryl methyl sites for hydroxylation is 1. The first-order valence-corrected chi connectivity index (χ1v) is 13.0. The summed E-state index contributed by atoms with van der Waals surface area (Å²) in [6.07, 6.45) is 0.193. The van der Waals surface area contributed by atoms with E-state index in [-0.39, 0.29) is 17.2 Å². The van der Waals surface area contributed by atoms with Gasteiger partial charge in [-0.25, -0.2) is 4.79 Å². The van der Waals surface area contributed by atoms with Crippen LogP contribution in [0.1, 0.15) is 63.9 Å². The molecule has 7 heteroatoms. The molecule has 3 N–H and O–H groups in total. The molecule has 0 saturated carbocycles. The van der Waals surface area contributed by atoms with Gasteiger partial charge in [0.2, 0.25) is 0 Å². The van der Waals surface area contributed by atoms with Crippen molar-refractivity contribution in [1.29, 1.82) is 0 Å². The lowest BCUT2D eigenvalue weighted by Gasteiger charge is -2.55. The summed E-state index contributed by atoms with van der Waals surface area (Å²) in [5.41, 5.74) is 5.86. The zero-order valence-electron chi connectivity index (χ0n) is 19.0. The van der Waals surface area contributed by atoms with Gasteiger partial charge in [0.1, 0.15) is 0 Å². The second-order valence-electron chi connectivity index (χ2n) is 10.6. The summed E-state index contributed by atoms with van der Waals surface area (Å²) in [4.78, 5) is 26.1. The first kappa shape index (κ1) is 23.4. The first-order valence-electron chi connectivity index (χ1n) is 10.1. The van der Waals surface area contributed by atoms with Gasteiger partial charge in [-0.3, -0.25) is 9.69 Å². The van der Waals surface area contributed by atoms with Gasteiger partial charge in [-0.1, -0.05) is 53.7 Å². The summed E-state index contributed by atoms with van der Waals surface area (Å²) >= 11 is 0. The monoisotopic (exact) mass is 420 g/mol. The van der Waals surface area contributed by atoms with Crippen molar-refractivity contribution in [1.82, 2.24) is 0 Å². The number of nitrogens with zero attached hydrogens (tertiary/aromatic N) is 1. The molecule has 0 fully saturated rings. The van der Waals surface area contributed by atoms with Crippen LogP contribution >= 0.6 is 0 Å². The van der Waals surface area contributed by atoms with Crippen LogP contribution in [0.25, 0.3) is 0 Å². The number of benzene rings is 1. The molecular weight excluding hydrogens is 384 g/mol. The number of hydrogen-bond donors (Lipinski definition) is 2. The highest BCUT2D eigenvalue weighted by atomic mass is 28.4. The number of hydrogen-bond acceptors (Lipinski definition) is 3. The van der Waals surface area contributed by atoms with Gasteiger partial charge >= 0.3 is 6.09 Å². The van der Waals surface area contributed by atoms with Gasteiger partial charge in [-0.2, -0.15) is 0 Å². The number of rotatable bonds is 4. The van der Waals surface area contributed by atoms with E-state index in [1.165, 1.54) is 4.90 Å². The molecule has 1 aromatic carbocycles. The summed E-state index contributed by atoms with van der Waals surface area (Å²) in [7, 11) is -2.12. The Labute approximate surface area is 175 Å². The normalized spacial score (nSPS) is 20.3. The molecule has 1 aliphatic rings. The summed E-state index contributed by atoms with van der Waals surface area (Å²) in [6, 6.07) is 5.23. The molecule has 0 aliphatic carbocycles. The zero-order valence-corrected chi connectivity index (χ0v) is 20.0. The third-order valence-electron chi connectivity index (χ3n) is 6.91. The van der Waals surface area contributed by atoms with Gasteiger partial charge in [0, 0.05) is 0 Å². The molecular formula is C22H36N2O4Si. The molecule has 0 bridgehead atoms. The number of amides is 2. The zero-order chi connectivity index (χ0) is 22.4. The molecule has 1 aliphatic heterocycles. The molecule has 1 atom stereocenters. The Morgan fingerprint density at radius 3 is 2.24 bits per heavy atom. The minimum Gasteiger partial charge on any atom is -0.465 e. The molecule has 0 saturated heterocycles. The maximum Gasteiger partial charge on any atom is 0.412 e. The van der Waals surface area contributed by atoms with Crippen molar-refractivity contribution in [2.24, 2.45) is 11.1 Å². The van der Waals surface area contributed by atoms with E-state index in [1.807, 2.05) is 26.8 Å². The van der Waals surface area contributed by atoms with Crippen molar-refractivity contribution >= 4 is 26.0 Å². The largest absolute Gasteiger partial charge is 0.465 e. The van der Waals surface area contributed by atoms with E-state index < -0.39 is 31.3 Å². The number of nitrogens with two attached hydrogens (primary N) is 1. The average Bonchev–Trinajstić information content (AvgIpc) is 2.56. The summed E-state index contributed by atoms with van der Waals surface area (Å²) in [6.45, 7) is 17.2. The standard InChI is InChI=1S/C22H36N2O4Si/c1-20(2,3)22(14-28-29(7,8)21(4,5)6)13-12-15-10-9-11-16(18(23)25)17(15)24(22)19(26)27/h9-11H,12-14H2,1-8H3,(H2,23,25)(H,26,27). The van der Waals surface area contributed by atoms with Crippen LogP contribution in [-0.2, 0) is 10.8 Å².